The molecule has 3 heteroatoms. The Labute approximate surface area is 354 Å². The Balaban J connectivity index is 1.09. The van der Waals surface area contributed by atoms with Crippen molar-refractivity contribution in [2.45, 2.75) is 38.5 Å². The zero-order valence-corrected chi connectivity index (χ0v) is 34.5. The Morgan fingerprint density at radius 2 is 0.918 bits per heavy atom. The summed E-state index contributed by atoms with van der Waals surface area (Å²) in [5.74, 6) is 0. The van der Waals surface area contributed by atoms with E-state index >= 15 is 0 Å². The second-order valence-corrected chi connectivity index (χ2v) is 18.0. The SMILES string of the molecule is CC1(C)c2ccccc2-c2ccc(-c3c4ccccc4cc4c3oc3c(N(c5ccc6c(c5)C(C)(C)c5ccccc5-6)c5cccc6c5oc5ccccc56)cccc34)cc21. The van der Waals surface area contributed by atoms with Crippen LogP contribution < -0.4 is 4.90 Å². The molecule has 0 saturated carbocycles. The molecule has 0 amide bonds. The van der Waals surface area contributed by atoms with Gasteiger partial charge >= 0.3 is 0 Å². The number of hydrogen-bond acceptors (Lipinski definition) is 3. The van der Waals surface area contributed by atoms with E-state index in [1.165, 1.54) is 55.3 Å². The molecule has 9 aromatic carbocycles. The zero-order chi connectivity index (χ0) is 40.8. The third kappa shape index (κ3) is 4.64. The standard InChI is InChI=1S/C58H41NO2/c1-57(2)46-22-10-7-17-38(46)40-29-27-35(32-48(40)57)53-37-16-6-5-15-34(37)31-45-44-21-14-25-51(55(44)61-56(45)53)59(50-24-13-20-43-42-19-9-12-26-52(42)60-54(43)50)36-28-30-41-39-18-8-11-23-47(39)58(3,4)49(41)33-36/h5-33H,1-4H3. The molecule has 0 radical (unpaired) electrons. The number of para-hydroxylation sites is 3. The van der Waals surface area contributed by atoms with E-state index in [0.717, 1.165) is 72.1 Å². The van der Waals surface area contributed by atoms with Gasteiger partial charge in [0.2, 0.25) is 0 Å². The molecular weight excluding hydrogens is 743 g/mol. The van der Waals surface area contributed by atoms with E-state index in [1.54, 1.807) is 0 Å². The molecular formula is C58H41NO2. The van der Waals surface area contributed by atoms with Gasteiger partial charge in [0.25, 0.3) is 0 Å². The molecule has 290 valence electrons. The fourth-order valence-corrected chi connectivity index (χ4v) is 11.1. The predicted molar refractivity (Wildman–Crippen MR) is 254 cm³/mol. The van der Waals surface area contributed by atoms with Gasteiger partial charge in [-0.05, 0) is 103 Å². The molecule has 0 fully saturated rings. The summed E-state index contributed by atoms with van der Waals surface area (Å²) < 4.78 is 14.2. The molecule has 0 N–H and O–H groups in total. The summed E-state index contributed by atoms with van der Waals surface area (Å²) >= 11 is 0. The van der Waals surface area contributed by atoms with Crippen molar-refractivity contribution in [3.63, 3.8) is 0 Å². The van der Waals surface area contributed by atoms with Crippen molar-refractivity contribution in [2.24, 2.45) is 0 Å². The van der Waals surface area contributed by atoms with E-state index in [1.807, 2.05) is 6.07 Å². The molecule has 0 saturated heterocycles. The van der Waals surface area contributed by atoms with E-state index < -0.39 is 0 Å². The van der Waals surface area contributed by atoms with Crippen molar-refractivity contribution >= 4 is 71.7 Å². The van der Waals surface area contributed by atoms with Crippen molar-refractivity contribution in [3.05, 3.63) is 198 Å². The lowest BCUT2D eigenvalue weighted by Crippen LogP contribution is -2.16. The maximum atomic E-state index is 7.42. The molecule has 0 unspecified atom stereocenters. The Hall–Kier alpha value is -7.36. The lowest BCUT2D eigenvalue weighted by molar-refractivity contribution is 0.659. The maximum Gasteiger partial charge on any atom is 0.159 e. The number of fused-ring (bicyclic) bond motifs is 13. The summed E-state index contributed by atoms with van der Waals surface area (Å²) in [6.07, 6.45) is 0. The summed E-state index contributed by atoms with van der Waals surface area (Å²) in [6, 6.07) is 64.2. The predicted octanol–water partition coefficient (Wildman–Crippen LogP) is 16.4. The lowest BCUT2D eigenvalue weighted by atomic mass is 9.81. The highest BCUT2D eigenvalue weighted by Crippen LogP contribution is 2.54. The minimum atomic E-state index is -0.175. The molecule has 2 heterocycles. The minimum absolute atomic E-state index is 0.128. The molecule has 0 bridgehead atoms. The van der Waals surface area contributed by atoms with Crippen LogP contribution in [-0.4, -0.2) is 0 Å². The highest BCUT2D eigenvalue weighted by Gasteiger charge is 2.37. The molecule has 0 atom stereocenters. The van der Waals surface area contributed by atoms with Crippen molar-refractivity contribution in [1.82, 2.24) is 0 Å². The first-order valence-electron chi connectivity index (χ1n) is 21.3. The van der Waals surface area contributed by atoms with Gasteiger partial charge in [0.05, 0.1) is 11.4 Å². The van der Waals surface area contributed by atoms with Gasteiger partial charge in [-0.15, -0.1) is 0 Å². The van der Waals surface area contributed by atoms with Crippen LogP contribution in [0.25, 0.3) is 88.0 Å². The van der Waals surface area contributed by atoms with Crippen molar-refractivity contribution in [1.29, 1.82) is 0 Å². The summed E-state index contributed by atoms with van der Waals surface area (Å²) in [6.45, 7) is 9.39. The van der Waals surface area contributed by atoms with E-state index in [-0.39, 0.29) is 10.8 Å². The van der Waals surface area contributed by atoms with Crippen molar-refractivity contribution in [3.8, 4) is 33.4 Å². The van der Waals surface area contributed by atoms with Crippen LogP contribution in [0.5, 0.6) is 0 Å². The first-order valence-corrected chi connectivity index (χ1v) is 21.3. The number of hydrogen-bond donors (Lipinski definition) is 0. The van der Waals surface area contributed by atoms with Gasteiger partial charge in [0.15, 0.2) is 11.2 Å². The largest absolute Gasteiger partial charge is 0.454 e. The third-order valence-corrected chi connectivity index (χ3v) is 14.1. The average Bonchev–Trinajstić information content (AvgIpc) is 3.99. The van der Waals surface area contributed by atoms with Crippen molar-refractivity contribution in [2.75, 3.05) is 4.90 Å². The minimum Gasteiger partial charge on any atom is -0.454 e. The molecule has 11 aromatic rings. The van der Waals surface area contributed by atoms with Crippen LogP contribution in [0.4, 0.5) is 17.1 Å². The Bertz CT molecular complexity index is 3670. The molecule has 2 aromatic heterocycles. The third-order valence-electron chi connectivity index (χ3n) is 14.1. The highest BCUT2D eigenvalue weighted by molar-refractivity contribution is 6.21. The number of benzene rings is 9. The van der Waals surface area contributed by atoms with Crippen molar-refractivity contribution < 1.29 is 8.83 Å². The maximum absolute atomic E-state index is 7.42. The first kappa shape index (κ1) is 34.5. The topological polar surface area (TPSA) is 29.5 Å². The second kappa shape index (κ2) is 12.1. The fraction of sp³-hybridized carbons (Fsp3) is 0.103. The van der Waals surface area contributed by atoms with Gasteiger partial charge in [-0.25, -0.2) is 0 Å². The normalized spacial score (nSPS) is 14.5. The van der Waals surface area contributed by atoms with Crippen LogP contribution in [0.1, 0.15) is 49.9 Å². The molecule has 2 aliphatic rings. The van der Waals surface area contributed by atoms with Gasteiger partial charge < -0.3 is 13.7 Å². The summed E-state index contributed by atoms with van der Waals surface area (Å²) in [5, 5.41) is 6.71. The lowest BCUT2D eigenvalue weighted by Gasteiger charge is -2.28. The van der Waals surface area contributed by atoms with Gasteiger partial charge in [0.1, 0.15) is 11.2 Å². The molecule has 0 aliphatic heterocycles. The first-order chi connectivity index (χ1) is 29.8. The van der Waals surface area contributed by atoms with E-state index in [4.69, 9.17) is 8.83 Å². The number of anilines is 3. The number of furan rings is 2. The van der Waals surface area contributed by atoms with Crippen LogP contribution >= 0.6 is 0 Å². The van der Waals surface area contributed by atoms with Crippen LogP contribution in [0.3, 0.4) is 0 Å². The molecule has 3 nitrogen and oxygen atoms in total. The second-order valence-electron chi connectivity index (χ2n) is 18.0. The Morgan fingerprint density at radius 3 is 1.64 bits per heavy atom. The van der Waals surface area contributed by atoms with Gasteiger partial charge in [-0.2, -0.15) is 0 Å². The molecule has 0 spiro atoms. The zero-order valence-electron chi connectivity index (χ0n) is 34.5. The summed E-state index contributed by atoms with van der Waals surface area (Å²) in [7, 11) is 0. The quantitative estimate of drug-likeness (QED) is 0.178. The smallest absolute Gasteiger partial charge is 0.159 e. The molecule has 61 heavy (non-hydrogen) atoms. The molecule has 13 rings (SSSR count). The number of nitrogens with zero attached hydrogens (tertiary/aromatic N) is 1. The fourth-order valence-electron chi connectivity index (χ4n) is 11.1. The number of rotatable bonds is 4. The Morgan fingerprint density at radius 1 is 0.377 bits per heavy atom. The monoisotopic (exact) mass is 783 g/mol. The Kier molecular flexibility index (Phi) is 6.85. The highest BCUT2D eigenvalue weighted by atomic mass is 16.3. The van der Waals surface area contributed by atoms with Crippen LogP contribution in [0.2, 0.25) is 0 Å². The van der Waals surface area contributed by atoms with Gasteiger partial charge in [-0.1, -0.05) is 161 Å². The average molecular weight is 784 g/mol. The molecule has 2 aliphatic carbocycles. The van der Waals surface area contributed by atoms with E-state index in [9.17, 15) is 0 Å². The van der Waals surface area contributed by atoms with Crippen LogP contribution in [0, 0.1) is 0 Å². The summed E-state index contributed by atoms with van der Waals surface area (Å²) in [5.41, 5.74) is 19.0. The summed E-state index contributed by atoms with van der Waals surface area (Å²) in [4.78, 5) is 2.36. The van der Waals surface area contributed by atoms with E-state index in [0.29, 0.717) is 0 Å². The van der Waals surface area contributed by atoms with E-state index in [2.05, 4.69) is 202 Å². The van der Waals surface area contributed by atoms with Crippen LogP contribution in [-0.2, 0) is 10.8 Å². The van der Waals surface area contributed by atoms with Crippen LogP contribution in [0.15, 0.2) is 185 Å². The van der Waals surface area contributed by atoms with Gasteiger partial charge in [-0.3, -0.25) is 0 Å². The van der Waals surface area contributed by atoms with Gasteiger partial charge in [0, 0.05) is 43.6 Å².